The summed E-state index contributed by atoms with van der Waals surface area (Å²) in [5.41, 5.74) is 1.26. The van der Waals surface area contributed by atoms with Crippen molar-refractivity contribution in [1.82, 2.24) is 5.32 Å². The first-order chi connectivity index (χ1) is 9.26. The minimum atomic E-state index is 0.386. The largest absolute Gasteiger partial charge is 0.493 e. The lowest BCUT2D eigenvalue weighted by molar-refractivity contribution is 0.353. The molecule has 0 saturated heterocycles. The topological polar surface area (TPSA) is 30.5 Å². The summed E-state index contributed by atoms with van der Waals surface area (Å²) in [6, 6.07) is 6.55. The summed E-state index contributed by atoms with van der Waals surface area (Å²) in [7, 11) is 5.36. The molecule has 1 aromatic rings. The first kappa shape index (κ1) is 15.8. The molecule has 0 bridgehead atoms. The van der Waals surface area contributed by atoms with Crippen molar-refractivity contribution in [2.24, 2.45) is 0 Å². The highest BCUT2D eigenvalue weighted by Gasteiger charge is 2.12. The van der Waals surface area contributed by atoms with Gasteiger partial charge in [0.25, 0.3) is 0 Å². The van der Waals surface area contributed by atoms with Crippen LogP contribution in [0, 0.1) is 0 Å². The van der Waals surface area contributed by atoms with Crippen LogP contribution in [0.25, 0.3) is 0 Å². The van der Waals surface area contributed by atoms with Crippen molar-refractivity contribution >= 4 is 0 Å². The zero-order valence-electron chi connectivity index (χ0n) is 12.7. The van der Waals surface area contributed by atoms with Crippen molar-refractivity contribution in [1.29, 1.82) is 0 Å². The lowest BCUT2D eigenvalue weighted by atomic mass is 9.99. The molecule has 0 aromatic heterocycles. The van der Waals surface area contributed by atoms with Crippen LogP contribution in [0.5, 0.6) is 11.5 Å². The lowest BCUT2D eigenvalue weighted by Crippen LogP contribution is -2.16. The minimum Gasteiger partial charge on any atom is -0.493 e. The summed E-state index contributed by atoms with van der Waals surface area (Å²) in [5.74, 6) is 1.58. The van der Waals surface area contributed by atoms with Gasteiger partial charge in [0.1, 0.15) is 0 Å². The van der Waals surface area contributed by atoms with Gasteiger partial charge in [0, 0.05) is 6.04 Å². The number of ether oxygens (including phenoxy) is 2. The fourth-order valence-electron chi connectivity index (χ4n) is 2.32. The van der Waals surface area contributed by atoms with E-state index in [9.17, 15) is 0 Å². The van der Waals surface area contributed by atoms with E-state index >= 15 is 0 Å². The Morgan fingerprint density at radius 2 is 1.79 bits per heavy atom. The monoisotopic (exact) mass is 265 g/mol. The highest BCUT2D eigenvalue weighted by Crippen LogP contribution is 2.31. The van der Waals surface area contributed by atoms with Gasteiger partial charge < -0.3 is 14.8 Å². The average Bonchev–Trinajstić information content (AvgIpc) is 2.46. The molecule has 1 aromatic carbocycles. The third-order valence-corrected chi connectivity index (χ3v) is 3.50. The number of nitrogens with one attached hydrogen (secondary N) is 1. The van der Waals surface area contributed by atoms with Gasteiger partial charge in [-0.3, -0.25) is 0 Å². The second-order valence-corrected chi connectivity index (χ2v) is 4.81. The van der Waals surface area contributed by atoms with E-state index in [0.29, 0.717) is 6.04 Å². The van der Waals surface area contributed by atoms with Gasteiger partial charge in [-0.25, -0.2) is 0 Å². The van der Waals surface area contributed by atoms with Crippen molar-refractivity contribution in [3.8, 4) is 11.5 Å². The van der Waals surface area contributed by atoms with Crippen molar-refractivity contribution in [2.45, 2.75) is 45.1 Å². The first-order valence-corrected chi connectivity index (χ1v) is 7.16. The van der Waals surface area contributed by atoms with E-state index in [4.69, 9.17) is 9.47 Å². The number of methoxy groups -OCH3 is 2. The molecule has 0 fully saturated rings. The Morgan fingerprint density at radius 1 is 1.05 bits per heavy atom. The molecule has 1 unspecified atom stereocenters. The third kappa shape index (κ3) is 4.75. The lowest BCUT2D eigenvalue weighted by Gasteiger charge is -2.18. The van der Waals surface area contributed by atoms with Gasteiger partial charge in [-0.15, -0.1) is 0 Å². The molecule has 0 amide bonds. The van der Waals surface area contributed by atoms with Crippen molar-refractivity contribution in [3.63, 3.8) is 0 Å². The molecule has 3 heteroatoms. The summed E-state index contributed by atoms with van der Waals surface area (Å²) in [5, 5.41) is 3.39. The highest BCUT2D eigenvalue weighted by atomic mass is 16.5. The van der Waals surface area contributed by atoms with Crippen molar-refractivity contribution in [3.05, 3.63) is 23.8 Å². The second kappa shape index (κ2) is 8.81. The number of hydrogen-bond donors (Lipinski definition) is 1. The Balaban J connectivity index is 2.69. The van der Waals surface area contributed by atoms with E-state index in [-0.39, 0.29) is 0 Å². The molecule has 108 valence electrons. The Kier molecular flexibility index (Phi) is 7.34. The maximum absolute atomic E-state index is 5.36. The van der Waals surface area contributed by atoms with E-state index in [2.05, 4.69) is 24.4 Å². The maximum atomic E-state index is 5.36. The smallest absolute Gasteiger partial charge is 0.161 e. The molecule has 0 aliphatic carbocycles. The van der Waals surface area contributed by atoms with E-state index < -0.39 is 0 Å². The zero-order chi connectivity index (χ0) is 14.1. The van der Waals surface area contributed by atoms with Crippen LogP contribution >= 0.6 is 0 Å². The molecule has 1 N–H and O–H groups in total. The predicted octanol–water partition coefficient (Wildman–Crippen LogP) is 3.93. The molecule has 0 spiro atoms. The number of benzene rings is 1. The normalized spacial score (nSPS) is 12.2. The molecule has 1 atom stereocenters. The molecule has 0 heterocycles. The molecule has 0 radical (unpaired) electrons. The summed E-state index contributed by atoms with van der Waals surface area (Å²) >= 11 is 0. The Hall–Kier alpha value is -1.22. The molecule has 1 rings (SSSR count). The molecular formula is C16H27NO2. The Bertz CT molecular complexity index is 366. The zero-order valence-corrected chi connectivity index (χ0v) is 12.7. The summed E-state index contributed by atoms with van der Waals surface area (Å²) in [6.45, 7) is 2.24. The van der Waals surface area contributed by atoms with Gasteiger partial charge in [0.15, 0.2) is 11.5 Å². The maximum Gasteiger partial charge on any atom is 0.161 e. The molecule has 0 aliphatic heterocycles. The van der Waals surface area contributed by atoms with Crippen LogP contribution in [0.1, 0.15) is 50.6 Å². The van der Waals surface area contributed by atoms with Gasteiger partial charge in [0.05, 0.1) is 14.2 Å². The number of unbranched alkanes of at least 4 members (excludes halogenated alkanes) is 3. The molecule has 19 heavy (non-hydrogen) atoms. The first-order valence-electron chi connectivity index (χ1n) is 7.16. The molecule has 0 saturated carbocycles. The van der Waals surface area contributed by atoms with Crippen LogP contribution in [-0.2, 0) is 0 Å². The quantitative estimate of drug-likeness (QED) is 0.686. The van der Waals surface area contributed by atoms with E-state index in [1.165, 1.54) is 31.2 Å². The van der Waals surface area contributed by atoms with E-state index in [1.54, 1.807) is 14.2 Å². The summed E-state index contributed by atoms with van der Waals surface area (Å²) < 4.78 is 10.6. The minimum absolute atomic E-state index is 0.386. The fourth-order valence-corrected chi connectivity index (χ4v) is 2.32. The standard InChI is InChI=1S/C16H27NO2/c1-5-6-7-8-9-14(17-2)13-10-11-15(18-3)16(12-13)19-4/h10-12,14,17H,5-9H2,1-4H3. The van der Waals surface area contributed by atoms with Crippen LogP contribution in [0.3, 0.4) is 0 Å². The average molecular weight is 265 g/mol. The Labute approximate surface area is 117 Å². The van der Waals surface area contributed by atoms with Crippen LogP contribution in [-0.4, -0.2) is 21.3 Å². The summed E-state index contributed by atoms with van der Waals surface area (Å²) in [4.78, 5) is 0. The van der Waals surface area contributed by atoms with Gasteiger partial charge in [-0.2, -0.15) is 0 Å². The van der Waals surface area contributed by atoms with E-state index in [1.807, 2.05) is 13.1 Å². The van der Waals surface area contributed by atoms with Gasteiger partial charge in [0.2, 0.25) is 0 Å². The van der Waals surface area contributed by atoms with Gasteiger partial charge in [-0.1, -0.05) is 38.7 Å². The SMILES string of the molecule is CCCCCCC(NC)c1ccc(OC)c(OC)c1. The number of hydrogen-bond acceptors (Lipinski definition) is 3. The van der Waals surface area contributed by atoms with E-state index in [0.717, 1.165) is 17.9 Å². The Morgan fingerprint density at radius 3 is 2.37 bits per heavy atom. The number of rotatable bonds is 9. The van der Waals surface area contributed by atoms with Crippen molar-refractivity contribution in [2.75, 3.05) is 21.3 Å². The van der Waals surface area contributed by atoms with Crippen LogP contribution in [0.15, 0.2) is 18.2 Å². The van der Waals surface area contributed by atoms with Crippen molar-refractivity contribution < 1.29 is 9.47 Å². The van der Waals surface area contributed by atoms with Gasteiger partial charge >= 0.3 is 0 Å². The highest BCUT2D eigenvalue weighted by molar-refractivity contribution is 5.43. The van der Waals surface area contributed by atoms with Gasteiger partial charge in [-0.05, 0) is 31.2 Å². The molecule has 3 nitrogen and oxygen atoms in total. The third-order valence-electron chi connectivity index (χ3n) is 3.50. The molecule has 0 aliphatic rings. The predicted molar refractivity (Wildman–Crippen MR) is 80.1 cm³/mol. The van der Waals surface area contributed by atoms with Crippen LogP contribution < -0.4 is 14.8 Å². The summed E-state index contributed by atoms with van der Waals surface area (Å²) in [6.07, 6.45) is 6.32. The van der Waals surface area contributed by atoms with Crippen LogP contribution in [0.2, 0.25) is 0 Å². The second-order valence-electron chi connectivity index (χ2n) is 4.81. The molecular weight excluding hydrogens is 238 g/mol. The van der Waals surface area contributed by atoms with Crippen LogP contribution in [0.4, 0.5) is 0 Å². The fraction of sp³-hybridized carbons (Fsp3) is 0.625.